The molecule has 0 aliphatic heterocycles. The van der Waals surface area contributed by atoms with Gasteiger partial charge in [0.05, 0.1) is 12.7 Å². The molecule has 0 spiro atoms. The molecular formula is C14H22O2. The van der Waals surface area contributed by atoms with Crippen molar-refractivity contribution in [1.29, 1.82) is 0 Å². The predicted molar refractivity (Wildman–Crippen MR) is 66.1 cm³/mol. The molecule has 0 saturated carbocycles. The minimum atomic E-state index is -0.197. The van der Waals surface area contributed by atoms with E-state index in [1.54, 1.807) is 0 Å². The molecule has 0 fully saturated rings. The van der Waals surface area contributed by atoms with Crippen LogP contribution in [0.15, 0.2) is 24.3 Å². The maximum absolute atomic E-state index is 9.74. The zero-order valence-electron chi connectivity index (χ0n) is 10.2. The largest absolute Gasteiger partial charge is 0.393 e. The monoisotopic (exact) mass is 222 g/mol. The van der Waals surface area contributed by atoms with Crippen LogP contribution >= 0.6 is 0 Å². The molecule has 0 saturated heterocycles. The van der Waals surface area contributed by atoms with E-state index in [9.17, 15) is 5.11 Å². The summed E-state index contributed by atoms with van der Waals surface area (Å²) in [5, 5.41) is 18.6. The van der Waals surface area contributed by atoms with E-state index in [0.717, 1.165) is 24.8 Å². The second-order valence-electron chi connectivity index (χ2n) is 4.80. The van der Waals surface area contributed by atoms with Gasteiger partial charge in [-0.25, -0.2) is 0 Å². The summed E-state index contributed by atoms with van der Waals surface area (Å²) >= 11 is 0. The highest BCUT2D eigenvalue weighted by molar-refractivity contribution is 5.22. The fourth-order valence-electron chi connectivity index (χ4n) is 1.81. The van der Waals surface area contributed by atoms with Crippen molar-refractivity contribution in [2.45, 2.75) is 45.8 Å². The molecule has 90 valence electrons. The van der Waals surface area contributed by atoms with Gasteiger partial charge in [0.15, 0.2) is 0 Å². The van der Waals surface area contributed by atoms with Crippen molar-refractivity contribution in [2.24, 2.45) is 5.92 Å². The molecule has 2 heteroatoms. The third-order valence-electron chi connectivity index (χ3n) is 2.72. The van der Waals surface area contributed by atoms with Gasteiger partial charge in [-0.3, -0.25) is 0 Å². The van der Waals surface area contributed by atoms with E-state index in [0.29, 0.717) is 5.92 Å². The van der Waals surface area contributed by atoms with Gasteiger partial charge in [-0.15, -0.1) is 0 Å². The first-order valence-electron chi connectivity index (χ1n) is 5.98. The second kappa shape index (κ2) is 6.66. The Morgan fingerprint density at radius 1 is 1.06 bits per heavy atom. The predicted octanol–water partition coefficient (Wildman–Crippen LogP) is 2.52. The molecule has 0 radical (unpaired) electrons. The summed E-state index contributed by atoms with van der Waals surface area (Å²) < 4.78 is 0. The molecule has 1 atom stereocenters. The van der Waals surface area contributed by atoms with Gasteiger partial charge in [0, 0.05) is 0 Å². The Hall–Kier alpha value is -0.860. The number of hydrogen-bond donors (Lipinski definition) is 2. The normalized spacial score (nSPS) is 13.1. The minimum absolute atomic E-state index is 0.0935. The molecular weight excluding hydrogens is 200 g/mol. The molecule has 1 unspecified atom stereocenters. The Morgan fingerprint density at radius 2 is 1.62 bits per heavy atom. The number of aliphatic hydroxyl groups is 2. The zero-order valence-corrected chi connectivity index (χ0v) is 10.2. The van der Waals surface area contributed by atoms with Gasteiger partial charge in [0.2, 0.25) is 0 Å². The fourth-order valence-corrected chi connectivity index (χ4v) is 1.81. The van der Waals surface area contributed by atoms with E-state index >= 15 is 0 Å². The smallest absolute Gasteiger partial charge is 0.0681 e. The van der Waals surface area contributed by atoms with Gasteiger partial charge in [0.1, 0.15) is 0 Å². The number of hydrogen-bond acceptors (Lipinski definition) is 2. The highest BCUT2D eigenvalue weighted by atomic mass is 16.3. The molecule has 0 aromatic heterocycles. The van der Waals surface area contributed by atoms with Gasteiger partial charge in [-0.1, -0.05) is 38.1 Å². The SMILES string of the molecule is CC(C)CC(O)CCc1ccc(CO)cc1. The van der Waals surface area contributed by atoms with Crippen LogP contribution in [-0.4, -0.2) is 16.3 Å². The summed E-state index contributed by atoms with van der Waals surface area (Å²) in [5.41, 5.74) is 2.16. The topological polar surface area (TPSA) is 40.5 Å². The van der Waals surface area contributed by atoms with E-state index in [1.165, 1.54) is 5.56 Å². The summed E-state index contributed by atoms with van der Waals surface area (Å²) in [7, 11) is 0. The highest BCUT2D eigenvalue weighted by Crippen LogP contribution is 2.12. The lowest BCUT2D eigenvalue weighted by molar-refractivity contribution is 0.139. The number of aryl methyl sites for hydroxylation is 1. The standard InChI is InChI=1S/C14H22O2/c1-11(2)9-14(16)8-7-12-3-5-13(10-15)6-4-12/h3-6,11,14-16H,7-10H2,1-2H3. The van der Waals surface area contributed by atoms with Gasteiger partial charge < -0.3 is 10.2 Å². The number of aliphatic hydroxyl groups excluding tert-OH is 2. The molecule has 0 aliphatic carbocycles. The summed E-state index contributed by atoms with van der Waals surface area (Å²) in [6.07, 6.45) is 2.39. The first-order chi connectivity index (χ1) is 7.61. The molecule has 1 rings (SSSR count). The van der Waals surface area contributed by atoms with Crippen LogP contribution in [0.25, 0.3) is 0 Å². The Labute approximate surface area is 97.9 Å². The lowest BCUT2D eigenvalue weighted by atomic mass is 9.99. The Bertz CT molecular complexity index is 290. The molecule has 0 amide bonds. The van der Waals surface area contributed by atoms with Crippen LogP contribution in [0.3, 0.4) is 0 Å². The minimum Gasteiger partial charge on any atom is -0.393 e. The summed E-state index contributed by atoms with van der Waals surface area (Å²) in [4.78, 5) is 0. The van der Waals surface area contributed by atoms with Gasteiger partial charge in [-0.2, -0.15) is 0 Å². The first kappa shape index (κ1) is 13.2. The van der Waals surface area contributed by atoms with Gasteiger partial charge >= 0.3 is 0 Å². The van der Waals surface area contributed by atoms with Crippen molar-refractivity contribution in [3.8, 4) is 0 Å². The third kappa shape index (κ3) is 4.77. The van der Waals surface area contributed by atoms with Gasteiger partial charge in [0.25, 0.3) is 0 Å². The number of rotatable bonds is 6. The lowest BCUT2D eigenvalue weighted by Gasteiger charge is -2.12. The molecule has 0 bridgehead atoms. The Kier molecular flexibility index (Phi) is 5.50. The Balaban J connectivity index is 2.36. The van der Waals surface area contributed by atoms with Crippen LogP contribution < -0.4 is 0 Å². The van der Waals surface area contributed by atoms with E-state index in [2.05, 4.69) is 13.8 Å². The average Bonchev–Trinajstić information content (AvgIpc) is 2.26. The van der Waals surface area contributed by atoms with E-state index in [1.807, 2.05) is 24.3 Å². The summed E-state index contributed by atoms with van der Waals surface area (Å²) in [6.45, 7) is 4.34. The van der Waals surface area contributed by atoms with Crippen LogP contribution in [0.5, 0.6) is 0 Å². The average molecular weight is 222 g/mol. The van der Waals surface area contributed by atoms with Crippen molar-refractivity contribution in [3.05, 3.63) is 35.4 Å². The molecule has 16 heavy (non-hydrogen) atoms. The van der Waals surface area contributed by atoms with Crippen LogP contribution in [0.1, 0.15) is 37.8 Å². The third-order valence-corrected chi connectivity index (χ3v) is 2.72. The quantitative estimate of drug-likeness (QED) is 0.776. The van der Waals surface area contributed by atoms with Crippen LogP contribution in [0, 0.1) is 5.92 Å². The van der Waals surface area contributed by atoms with Crippen LogP contribution in [-0.2, 0) is 13.0 Å². The van der Waals surface area contributed by atoms with Gasteiger partial charge in [-0.05, 0) is 36.3 Å². The lowest BCUT2D eigenvalue weighted by Crippen LogP contribution is -2.11. The molecule has 0 aliphatic rings. The molecule has 1 aromatic rings. The van der Waals surface area contributed by atoms with Crippen molar-refractivity contribution in [3.63, 3.8) is 0 Å². The van der Waals surface area contributed by atoms with Crippen LogP contribution in [0.4, 0.5) is 0 Å². The van der Waals surface area contributed by atoms with Crippen molar-refractivity contribution in [1.82, 2.24) is 0 Å². The first-order valence-corrected chi connectivity index (χ1v) is 5.98. The summed E-state index contributed by atoms with van der Waals surface area (Å²) in [6, 6.07) is 7.91. The van der Waals surface area contributed by atoms with Crippen LogP contribution in [0.2, 0.25) is 0 Å². The van der Waals surface area contributed by atoms with E-state index in [4.69, 9.17) is 5.11 Å². The summed E-state index contributed by atoms with van der Waals surface area (Å²) in [5.74, 6) is 0.548. The second-order valence-corrected chi connectivity index (χ2v) is 4.80. The molecule has 0 heterocycles. The fraction of sp³-hybridized carbons (Fsp3) is 0.571. The molecule has 2 nitrogen and oxygen atoms in total. The highest BCUT2D eigenvalue weighted by Gasteiger charge is 2.06. The molecule has 2 N–H and O–H groups in total. The maximum Gasteiger partial charge on any atom is 0.0681 e. The zero-order chi connectivity index (χ0) is 12.0. The maximum atomic E-state index is 9.74. The Morgan fingerprint density at radius 3 is 2.12 bits per heavy atom. The van der Waals surface area contributed by atoms with Crippen molar-refractivity contribution >= 4 is 0 Å². The van der Waals surface area contributed by atoms with E-state index in [-0.39, 0.29) is 12.7 Å². The molecule has 1 aromatic carbocycles. The van der Waals surface area contributed by atoms with Crippen molar-refractivity contribution in [2.75, 3.05) is 0 Å². The van der Waals surface area contributed by atoms with E-state index < -0.39 is 0 Å². The van der Waals surface area contributed by atoms with Crippen molar-refractivity contribution < 1.29 is 10.2 Å². The number of benzene rings is 1.